The second-order valence-electron chi connectivity index (χ2n) is 7.35. The molecule has 2 heterocycles. The molecule has 0 aliphatic carbocycles. The summed E-state index contributed by atoms with van der Waals surface area (Å²) in [6, 6.07) is 7.77. The van der Waals surface area contributed by atoms with E-state index in [2.05, 4.69) is 15.6 Å². The maximum absolute atomic E-state index is 12.8. The molecule has 8 nitrogen and oxygen atoms in total. The molecule has 168 valence electrons. The quantitative estimate of drug-likeness (QED) is 0.306. The zero-order valence-corrected chi connectivity index (χ0v) is 20.8. The highest BCUT2D eigenvalue weighted by molar-refractivity contribution is 14.0. The van der Waals surface area contributed by atoms with E-state index in [1.165, 1.54) is 4.31 Å². The second kappa shape index (κ2) is 11.2. The average Bonchev–Trinajstić information content (AvgIpc) is 3.34. The molecule has 2 aliphatic heterocycles. The van der Waals surface area contributed by atoms with Crippen molar-refractivity contribution in [1.29, 1.82) is 0 Å². The minimum Gasteiger partial charge on any atom is -0.357 e. The van der Waals surface area contributed by atoms with E-state index < -0.39 is 10.0 Å². The number of aliphatic imine (C=N–C) groups is 1. The third-order valence-electron chi connectivity index (χ3n) is 5.33. The molecular weight excluding hydrogens is 517 g/mol. The van der Waals surface area contributed by atoms with Crippen molar-refractivity contribution in [3.63, 3.8) is 0 Å². The van der Waals surface area contributed by atoms with E-state index >= 15 is 0 Å². The fourth-order valence-electron chi connectivity index (χ4n) is 3.82. The van der Waals surface area contributed by atoms with E-state index in [1.807, 2.05) is 43.0 Å². The number of guanidine groups is 1. The Hall–Kier alpha value is -1.56. The number of benzene rings is 1. The number of carbonyl (C=O) groups is 1. The van der Waals surface area contributed by atoms with E-state index in [-0.39, 0.29) is 48.2 Å². The number of amides is 1. The van der Waals surface area contributed by atoms with Gasteiger partial charge in [-0.1, -0.05) is 25.1 Å². The molecule has 1 atom stereocenters. The molecule has 1 fully saturated rings. The first kappa shape index (κ1) is 24.7. The van der Waals surface area contributed by atoms with Crippen molar-refractivity contribution < 1.29 is 13.2 Å². The van der Waals surface area contributed by atoms with Crippen LogP contribution in [0.25, 0.3) is 0 Å². The third kappa shape index (κ3) is 5.99. The van der Waals surface area contributed by atoms with Crippen LogP contribution in [0, 0.1) is 0 Å². The summed E-state index contributed by atoms with van der Waals surface area (Å²) < 4.78 is 27.1. The monoisotopic (exact) mass is 549 g/mol. The van der Waals surface area contributed by atoms with Crippen LogP contribution in [0.1, 0.15) is 32.3 Å². The number of hydrogen-bond acceptors (Lipinski definition) is 4. The van der Waals surface area contributed by atoms with Crippen molar-refractivity contribution in [1.82, 2.24) is 15.5 Å². The van der Waals surface area contributed by atoms with Crippen molar-refractivity contribution in [2.75, 3.05) is 42.8 Å². The van der Waals surface area contributed by atoms with Crippen molar-refractivity contribution in [2.45, 2.75) is 39.2 Å². The van der Waals surface area contributed by atoms with E-state index in [4.69, 9.17) is 0 Å². The molecule has 30 heavy (non-hydrogen) atoms. The van der Waals surface area contributed by atoms with E-state index in [1.54, 1.807) is 0 Å². The minimum absolute atomic E-state index is 0. The van der Waals surface area contributed by atoms with Crippen LogP contribution in [0.5, 0.6) is 0 Å². The molecular formula is C20H32IN5O3S. The molecule has 0 bridgehead atoms. The van der Waals surface area contributed by atoms with Crippen molar-refractivity contribution in [2.24, 2.45) is 4.99 Å². The smallest absolute Gasteiger partial charge is 0.237 e. The van der Waals surface area contributed by atoms with Crippen LogP contribution in [0.2, 0.25) is 0 Å². The maximum Gasteiger partial charge on any atom is 0.237 e. The average molecular weight is 549 g/mol. The Morgan fingerprint density at radius 2 is 2.00 bits per heavy atom. The van der Waals surface area contributed by atoms with Crippen molar-refractivity contribution in [3.05, 3.63) is 29.8 Å². The van der Waals surface area contributed by atoms with Gasteiger partial charge in [0.05, 0.1) is 18.0 Å². The first-order valence-corrected chi connectivity index (χ1v) is 12.0. The second-order valence-corrected chi connectivity index (χ2v) is 9.36. The van der Waals surface area contributed by atoms with Gasteiger partial charge < -0.3 is 15.5 Å². The molecule has 1 saturated heterocycles. The number of likely N-dealkylation sites (tertiary alicyclic amines) is 1. The largest absolute Gasteiger partial charge is 0.357 e. The molecule has 2 aliphatic rings. The first-order chi connectivity index (χ1) is 13.9. The summed E-state index contributed by atoms with van der Waals surface area (Å²) in [7, 11) is -3.42. The predicted molar refractivity (Wildman–Crippen MR) is 131 cm³/mol. The number of para-hydroxylation sites is 1. The Labute approximate surface area is 196 Å². The minimum atomic E-state index is -3.42. The molecule has 0 spiro atoms. The normalized spacial score (nSPS) is 18.7. The number of nitrogens with one attached hydrogen (secondary N) is 2. The summed E-state index contributed by atoms with van der Waals surface area (Å²) in [5.74, 6) is 0.719. The number of fused-ring (bicyclic) bond motifs is 1. The summed E-state index contributed by atoms with van der Waals surface area (Å²) in [6.45, 7) is 6.59. The summed E-state index contributed by atoms with van der Waals surface area (Å²) in [5, 5.41) is 6.50. The van der Waals surface area contributed by atoms with Crippen LogP contribution in [0.15, 0.2) is 29.3 Å². The van der Waals surface area contributed by atoms with Gasteiger partial charge in [0.1, 0.15) is 0 Å². The van der Waals surface area contributed by atoms with E-state index in [9.17, 15) is 13.2 Å². The Balaban J connectivity index is 0.00000320. The maximum atomic E-state index is 12.8. The number of nitrogens with zero attached hydrogens (tertiary/aromatic N) is 3. The summed E-state index contributed by atoms with van der Waals surface area (Å²) >= 11 is 0. The van der Waals surface area contributed by atoms with Gasteiger partial charge in [0, 0.05) is 38.6 Å². The van der Waals surface area contributed by atoms with Crippen LogP contribution < -0.4 is 14.9 Å². The van der Waals surface area contributed by atoms with Gasteiger partial charge in [-0.3, -0.25) is 14.1 Å². The number of rotatable bonds is 7. The van der Waals surface area contributed by atoms with Crippen LogP contribution in [-0.4, -0.2) is 69.7 Å². The van der Waals surface area contributed by atoms with Gasteiger partial charge >= 0.3 is 0 Å². The number of hydrogen-bond donors (Lipinski definition) is 2. The molecule has 3 rings (SSSR count). The molecule has 1 unspecified atom stereocenters. The third-order valence-corrected chi connectivity index (χ3v) is 7.08. The van der Waals surface area contributed by atoms with Crippen LogP contribution in [0.4, 0.5) is 5.69 Å². The number of anilines is 1. The molecule has 2 N–H and O–H groups in total. The van der Waals surface area contributed by atoms with Gasteiger partial charge in [0.15, 0.2) is 5.96 Å². The van der Waals surface area contributed by atoms with Crippen LogP contribution >= 0.6 is 24.0 Å². The lowest BCUT2D eigenvalue weighted by molar-refractivity contribution is -0.129. The Kier molecular flexibility index (Phi) is 9.20. The van der Waals surface area contributed by atoms with Crippen molar-refractivity contribution >= 4 is 51.6 Å². The SMILES string of the molecule is CCNC(=NCCS(=O)(=O)N1CCc2ccccc21)NC1CCN(C(=O)CC)C1.I. The topological polar surface area (TPSA) is 94.1 Å². The standard InChI is InChI=1S/C20H31N5O3S.HI/c1-3-19(26)24-12-10-17(15-24)23-20(21-4-2)22-11-14-29(27,28)25-13-9-16-7-5-6-8-18(16)25;/h5-8,17H,3-4,9-15H2,1-2H3,(H2,21,22,23);1H. The predicted octanol–water partition coefficient (Wildman–Crippen LogP) is 1.56. The summed E-state index contributed by atoms with van der Waals surface area (Å²) in [5.41, 5.74) is 1.86. The molecule has 1 aromatic rings. The molecule has 0 radical (unpaired) electrons. The number of halogens is 1. The molecule has 10 heteroatoms. The fraction of sp³-hybridized carbons (Fsp3) is 0.600. The zero-order valence-electron chi connectivity index (χ0n) is 17.6. The molecule has 1 amide bonds. The summed E-state index contributed by atoms with van der Waals surface area (Å²) in [4.78, 5) is 18.2. The zero-order chi connectivity index (χ0) is 20.9. The molecule has 1 aromatic carbocycles. The lowest BCUT2D eigenvalue weighted by Gasteiger charge is -2.20. The van der Waals surface area contributed by atoms with Gasteiger partial charge in [-0.25, -0.2) is 8.42 Å². The Morgan fingerprint density at radius 1 is 1.23 bits per heavy atom. The van der Waals surface area contributed by atoms with E-state index in [0.717, 1.165) is 30.6 Å². The Morgan fingerprint density at radius 3 is 2.73 bits per heavy atom. The lowest BCUT2D eigenvalue weighted by Crippen LogP contribution is -2.45. The highest BCUT2D eigenvalue weighted by Crippen LogP contribution is 2.29. The summed E-state index contributed by atoms with van der Waals surface area (Å²) in [6.07, 6.45) is 2.12. The van der Waals surface area contributed by atoms with Crippen LogP contribution in [-0.2, 0) is 21.2 Å². The number of sulfonamides is 1. The molecule has 0 saturated carbocycles. The highest BCUT2D eigenvalue weighted by atomic mass is 127. The van der Waals surface area contributed by atoms with Gasteiger partial charge in [-0.2, -0.15) is 0 Å². The first-order valence-electron chi connectivity index (χ1n) is 10.4. The van der Waals surface area contributed by atoms with Gasteiger partial charge in [0.25, 0.3) is 0 Å². The van der Waals surface area contributed by atoms with Gasteiger partial charge in [0.2, 0.25) is 15.9 Å². The Bertz CT molecular complexity index is 862. The van der Waals surface area contributed by atoms with Crippen molar-refractivity contribution in [3.8, 4) is 0 Å². The fourth-order valence-corrected chi connectivity index (χ4v) is 5.21. The van der Waals surface area contributed by atoms with E-state index in [0.29, 0.717) is 32.0 Å². The highest BCUT2D eigenvalue weighted by Gasteiger charge is 2.29. The van der Waals surface area contributed by atoms with Gasteiger partial charge in [-0.05, 0) is 31.4 Å². The van der Waals surface area contributed by atoms with Gasteiger partial charge in [-0.15, -0.1) is 24.0 Å². The van der Waals surface area contributed by atoms with Crippen LogP contribution in [0.3, 0.4) is 0 Å². The molecule has 0 aromatic heterocycles. The lowest BCUT2D eigenvalue weighted by atomic mass is 10.2. The number of carbonyl (C=O) groups excluding carboxylic acids is 1.